The van der Waals surface area contributed by atoms with Crippen LogP contribution in [0.5, 0.6) is 0 Å². The third-order valence-corrected chi connectivity index (χ3v) is 5.45. The van der Waals surface area contributed by atoms with Crippen molar-refractivity contribution in [3.8, 4) is 0 Å². The number of imide groups is 1. The van der Waals surface area contributed by atoms with Crippen LogP contribution in [0.15, 0.2) is 48.5 Å². The van der Waals surface area contributed by atoms with E-state index in [2.05, 4.69) is 0 Å². The van der Waals surface area contributed by atoms with Crippen molar-refractivity contribution in [2.24, 2.45) is 0 Å². The van der Waals surface area contributed by atoms with Crippen molar-refractivity contribution >= 4 is 17.7 Å². The number of aryl methyl sites for hydroxylation is 1. The summed E-state index contributed by atoms with van der Waals surface area (Å²) in [6.07, 6.45) is 1.65. The molecule has 0 unspecified atom stereocenters. The Kier molecular flexibility index (Phi) is 4.52. The average molecular weight is 362 g/mol. The van der Waals surface area contributed by atoms with E-state index in [4.69, 9.17) is 0 Å². The second-order valence-electron chi connectivity index (χ2n) is 7.30. The summed E-state index contributed by atoms with van der Waals surface area (Å²) in [5.74, 6) is -0.318. The monoisotopic (exact) mass is 362 g/mol. The van der Waals surface area contributed by atoms with Crippen molar-refractivity contribution in [3.05, 3.63) is 70.8 Å². The fourth-order valence-electron chi connectivity index (χ4n) is 4.02. The Morgan fingerprint density at radius 2 is 1.59 bits per heavy atom. The summed E-state index contributed by atoms with van der Waals surface area (Å²) in [6, 6.07) is 14.8. The Bertz CT molecular complexity index is 878. The van der Waals surface area contributed by atoms with Crippen LogP contribution in [-0.2, 0) is 11.2 Å². The number of benzene rings is 2. The zero-order valence-corrected chi connectivity index (χ0v) is 15.4. The number of rotatable bonds is 3. The lowest BCUT2D eigenvalue weighted by Crippen LogP contribution is -2.49. The van der Waals surface area contributed by atoms with Gasteiger partial charge in [-0.15, -0.1) is 0 Å². The first-order valence-corrected chi connectivity index (χ1v) is 9.35. The standard InChI is InChI=1S/C22H22N2O3/c1-15-5-4-6-16(13-15)14-20(25)23-11-9-17(10-12-23)24-21(26)18-7-2-3-8-19(18)22(24)27/h2-8,13,17H,9-12,14H2,1H3. The Hall–Kier alpha value is -2.95. The highest BCUT2D eigenvalue weighted by Crippen LogP contribution is 2.28. The van der Waals surface area contributed by atoms with Gasteiger partial charge in [-0.3, -0.25) is 19.3 Å². The second kappa shape index (κ2) is 6.99. The van der Waals surface area contributed by atoms with E-state index in [0.717, 1.165) is 11.1 Å². The Balaban J connectivity index is 1.39. The third kappa shape index (κ3) is 3.25. The highest BCUT2D eigenvalue weighted by Gasteiger charge is 2.40. The van der Waals surface area contributed by atoms with Gasteiger partial charge < -0.3 is 4.90 Å². The van der Waals surface area contributed by atoms with Gasteiger partial charge in [0.05, 0.1) is 17.5 Å². The maximum absolute atomic E-state index is 12.6. The minimum atomic E-state index is -0.208. The van der Waals surface area contributed by atoms with Crippen molar-refractivity contribution in [1.29, 1.82) is 0 Å². The number of carbonyl (C=O) groups excluding carboxylic acids is 3. The highest BCUT2D eigenvalue weighted by molar-refractivity contribution is 6.21. The van der Waals surface area contributed by atoms with E-state index in [9.17, 15) is 14.4 Å². The smallest absolute Gasteiger partial charge is 0.261 e. The molecule has 27 heavy (non-hydrogen) atoms. The lowest BCUT2D eigenvalue weighted by Gasteiger charge is -2.35. The van der Waals surface area contributed by atoms with Gasteiger partial charge in [0.2, 0.25) is 5.91 Å². The lowest BCUT2D eigenvalue weighted by atomic mass is 10.0. The maximum atomic E-state index is 12.6. The molecule has 2 aliphatic rings. The number of fused-ring (bicyclic) bond motifs is 1. The summed E-state index contributed by atoms with van der Waals surface area (Å²) in [7, 11) is 0. The molecular formula is C22H22N2O3. The van der Waals surface area contributed by atoms with Crippen molar-refractivity contribution in [2.75, 3.05) is 13.1 Å². The summed E-state index contributed by atoms with van der Waals surface area (Å²) in [4.78, 5) is 41.1. The molecule has 2 heterocycles. The van der Waals surface area contributed by atoms with Crippen LogP contribution >= 0.6 is 0 Å². The number of likely N-dealkylation sites (tertiary alicyclic amines) is 1. The minimum Gasteiger partial charge on any atom is -0.342 e. The predicted octanol–water partition coefficient (Wildman–Crippen LogP) is 2.82. The van der Waals surface area contributed by atoms with E-state index >= 15 is 0 Å². The Labute approximate surface area is 158 Å². The fourth-order valence-corrected chi connectivity index (χ4v) is 4.02. The van der Waals surface area contributed by atoms with Crippen LogP contribution in [0.1, 0.15) is 44.7 Å². The topological polar surface area (TPSA) is 57.7 Å². The molecule has 2 aromatic rings. The molecule has 3 amide bonds. The van der Waals surface area contributed by atoms with Gasteiger partial charge in [-0.1, -0.05) is 42.0 Å². The molecule has 4 rings (SSSR count). The van der Waals surface area contributed by atoms with E-state index in [0.29, 0.717) is 43.5 Å². The summed E-state index contributed by atoms with van der Waals surface area (Å²) >= 11 is 0. The van der Waals surface area contributed by atoms with E-state index < -0.39 is 0 Å². The van der Waals surface area contributed by atoms with Crippen molar-refractivity contribution in [2.45, 2.75) is 32.2 Å². The molecule has 0 saturated carbocycles. The Morgan fingerprint density at radius 1 is 0.963 bits per heavy atom. The highest BCUT2D eigenvalue weighted by atomic mass is 16.2. The average Bonchev–Trinajstić information content (AvgIpc) is 2.93. The molecule has 0 aliphatic carbocycles. The van der Waals surface area contributed by atoms with Crippen LogP contribution in [0, 0.1) is 6.92 Å². The van der Waals surface area contributed by atoms with Crippen LogP contribution in [0.2, 0.25) is 0 Å². The van der Waals surface area contributed by atoms with Gasteiger partial charge in [-0.25, -0.2) is 0 Å². The number of nitrogens with zero attached hydrogens (tertiary/aromatic N) is 2. The number of hydrogen-bond donors (Lipinski definition) is 0. The van der Waals surface area contributed by atoms with Gasteiger partial charge in [0, 0.05) is 19.1 Å². The van der Waals surface area contributed by atoms with Gasteiger partial charge >= 0.3 is 0 Å². The first-order chi connectivity index (χ1) is 13.0. The molecule has 5 nitrogen and oxygen atoms in total. The number of piperidine rings is 1. The van der Waals surface area contributed by atoms with Gasteiger partial charge in [0.25, 0.3) is 11.8 Å². The summed E-state index contributed by atoms with van der Waals surface area (Å²) in [5.41, 5.74) is 3.13. The summed E-state index contributed by atoms with van der Waals surface area (Å²) in [6.45, 7) is 3.16. The van der Waals surface area contributed by atoms with E-state index in [1.54, 1.807) is 24.3 Å². The number of hydrogen-bond acceptors (Lipinski definition) is 3. The van der Waals surface area contributed by atoms with E-state index in [1.807, 2.05) is 36.1 Å². The van der Waals surface area contributed by atoms with Crippen LogP contribution in [-0.4, -0.2) is 46.7 Å². The molecule has 0 spiro atoms. The molecule has 138 valence electrons. The number of carbonyl (C=O) groups is 3. The van der Waals surface area contributed by atoms with E-state index in [1.165, 1.54) is 4.90 Å². The fraction of sp³-hybridized carbons (Fsp3) is 0.318. The lowest BCUT2D eigenvalue weighted by molar-refractivity contribution is -0.131. The zero-order valence-electron chi connectivity index (χ0n) is 15.4. The molecular weight excluding hydrogens is 340 g/mol. The Morgan fingerprint density at radius 3 is 2.19 bits per heavy atom. The van der Waals surface area contributed by atoms with Crippen LogP contribution in [0.25, 0.3) is 0 Å². The zero-order chi connectivity index (χ0) is 19.0. The van der Waals surface area contributed by atoms with Gasteiger partial charge in [-0.2, -0.15) is 0 Å². The molecule has 2 aromatic carbocycles. The largest absolute Gasteiger partial charge is 0.342 e. The minimum absolute atomic E-state index is 0.0985. The predicted molar refractivity (Wildman–Crippen MR) is 101 cm³/mol. The molecule has 0 N–H and O–H groups in total. The molecule has 1 fully saturated rings. The SMILES string of the molecule is Cc1cccc(CC(=O)N2CCC(N3C(=O)c4ccccc4C3=O)CC2)c1. The third-order valence-electron chi connectivity index (χ3n) is 5.45. The van der Waals surface area contributed by atoms with Crippen LogP contribution < -0.4 is 0 Å². The first-order valence-electron chi connectivity index (χ1n) is 9.35. The normalized spacial score (nSPS) is 17.4. The van der Waals surface area contributed by atoms with Crippen molar-refractivity contribution < 1.29 is 14.4 Å². The van der Waals surface area contributed by atoms with Crippen LogP contribution in [0.3, 0.4) is 0 Å². The van der Waals surface area contributed by atoms with Gasteiger partial charge in [0.15, 0.2) is 0 Å². The molecule has 0 bridgehead atoms. The van der Waals surface area contributed by atoms with Crippen molar-refractivity contribution in [1.82, 2.24) is 9.80 Å². The molecule has 2 aliphatic heterocycles. The second-order valence-corrected chi connectivity index (χ2v) is 7.30. The summed E-state index contributed by atoms with van der Waals surface area (Å²) in [5, 5.41) is 0. The molecule has 0 aromatic heterocycles. The van der Waals surface area contributed by atoms with Crippen molar-refractivity contribution in [3.63, 3.8) is 0 Å². The molecule has 0 atom stereocenters. The molecule has 0 radical (unpaired) electrons. The van der Waals surface area contributed by atoms with Crippen LogP contribution in [0.4, 0.5) is 0 Å². The van der Waals surface area contributed by atoms with Gasteiger partial charge in [-0.05, 0) is 37.5 Å². The molecule has 1 saturated heterocycles. The maximum Gasteiger partial charge on any atom is 0.261 e. The van der Waals surface area contributed by atoms with Gasteiger partial charge in [0.1, 0.15) is 0 Å². The number of amides is 3. The first kappa shape index (κ1) is 17.5. The molecule has 5 heteroatoms. The van der Waals surface area contributed by atoms with E-state index in [-0.39, 0.29) is 23.8 Å². The quantitative estimate of drug-likeness (QED) is 0.789. The summed E-state index contributed by atoms with van der Waals surface area (Å²) < 4.78 is 0.